The van der Waals surface area contributed by atoms with Crippen LogP contribution in [0, 0.1) is 5.41 Å². The number of benzene rings is 2. The van der Waals surface area contributed by atoms with Crippen molar-refractivity contribution in [3.05, 3.63) is 59.2 Å². The molecule has 7 heteroatoms. The number of halogens is 5. The number of hydrogen-bond acceptors (Lipinski definition) is 2. The third kappa shape index (κ3) is 3.11. The molecule has 2 nitrogen and oxygen atoms in total. The number of anilines is 1. The van der Waals surface area contributed by atoms with Gasteiger partial charge in [-0.3, -0.25) is 0 Å². The lowest BCUT2D eigenvalue weighted by Gasteiger charge is -2.32. The van der Waals surface area contributed by atoms with Gasteiger partial charge in [0.25, 0.3) is 5.67 Å². The third-order valence-corrected chi connectivity index (χ3v) is 6.57. The Bertz CT molecular complexity index is 970. The Balaban J connectivity index is 1.49. The van der Waals surface area contributed by atoms with Crippen LogP contribution in [0.25, 0.3) is 0 Å². The van der Waals surface area contributed by atoms with E-state index in [4.69, 9.17) is 4.74 Å². The zero-order chi connectivity index (χ0) is 22.8. The van der Waals surface area contributed by atoms with E-state index >= 15 is 0 Å². The molecule has 1 saturated carbocycles. The maximum atomic E-state index is 14.6. The number of alkyl halides is 5. The van der Waals surface area contributed by atoms with Crippen molar-refractivity contribution in [2.75, 3.05) is 11.6 Å². The van der Waals surface area contributed by atoms with Gasteiger partial charge in [-0.1, -0.05) is 52.0 Å². The SMILES string of the molecule is CC(C)c1ccc2c(c1)CN(c1ccc(CC(C)(C)C3(F)C(F)(F)C3(F)F)cc1)CO2. The standard InChI is InChI=1S/C24H26F5NO/c1-15(2)17-7-10-20-18(11-17)13-30(14-31-20)19-8-5-16(6-9-19)12-21(3,4)22(25)23(26,27)24(22,28)29/h5-11,15H,12-14H2,1-4H3. The second kappa shape index (κ2) is 6.84. The lowest BCUT2D eigenvalue weighted by molar-refractivity contribution is -0.0278. The number of rotatable bonds is 5. The molecule has 0 atom stereocenters. The first-order valence-corrected chi connectivity index (χ1v) is 10.4. The summed E-state index contributed by atoms with van der Waals surface area (Å²) in [5, 5.41) is 0. The summed E-state index contributed by atoms with van der Waals surface area (Å²) in [6, 6.07) is 13.0. The second-order valence-corrected chi connectivity index (χ2v) is 9.53. The third-order valence-electron chi connectivity index (χ3n) is 6.57. The monoisotopic (exact) mass is 439 g/mol. The molecular weight excluding hydrogens is 413 g/mol. The van der Waals surface area contributed by atoms with E-state index in [-0.39, 0.29) is 6.42 Å². The molecule has 0 unspecified atom stereocenters. The average molecular weight is 439 g/mol. The van der Waals surface area contributed by atoms with Gasteiger partial charge in [0, 0.05) is 23.2 Å². The average Bonchev–Trinajstić information content (AvgIpc) is 3.05. The molecule has 2 aromatic carbocycles. The molecule has 0 amide bonds. The van der Waals surface area contributed by atoms with Crippen LogP contribution in [0.2, 0.25) is 0 Å². The minimum Gasteiger partial charge on any atom is -0.473 e. The quantitative estimate of drug-likeness (QED) is 0.479. The Kier molecular flexibility index (Phi) is 4.84. The molecule has 168 valence electrons. The maximum Gasteiger partial charge on any atom is 0.353 e. The van der Waals surface area contributed by atoms with Crippen molar-refractivity contribution in [3.8, 4) is 5.75 Å². The van der Waals surface area contributed by atoms with Crippen LogP contribution in [0.15, 0.2) is 42.5 Å². The second-order valence-electron chi connectivity index (χ2n) is 9.53. The van der Waals surface area contributed by atoms with Crippen molar-refractivity contribution in [2.45, 2.75) is 64.1 Å². The highest BCUT2D eigenvalue weighted by Gasteiger charge is 3.01. The number of ether oxygens (including phenoxy) is 1. The van der Waals surface area contributed by atoms with Crippen LogP contribution in [0.1, 0.15) is 50.3 Å². The van der Waals surface area contributed by atoms with Gasteiger partial charge in [-0.2, -0.15) is 17.6 Å². The van der Waals surface area contributed by atoms with Gasteiger partial charge in [0.2, 0.25) is 0 Å². The summed E-state index contributed by atoms with van der Waals surface area (Å²) in [4.78, 5) is 2.02. The van der Waals surface area contributed by atoms with Gasteiger partial charge in [-0.25, -0.2) is 4.39 Å². The zero-order valence-corrected chi connectivity index (χ0v) is 18.0. The van der Waals surface area contributed by atoms with Crippen LogP contribution in [0.3, 0.4) is 0 Å². The van der Waals surface area contributed by atoms with Crippen molar-refractivity contribution in [3.63, 3.8) is 0 Å². The first-order valence-electron chi connectivity index (χ1n) is 10.4. The van der Waals surface area contributed by atoms with Gasteiger partial charge in [0.1, 0.15) is 5.75 Å². The molecule has 2 aliphatic rings. The minimum atomic E-state index is -4.64. The van der Waals surface area contributed by atoms with E-state index in [0.29, 0.717) is 24.8 Å². The van der Waals surface area contributed by atoms with Crippen LogP contribution in [-0.2, 0) is 13.0 Å². The lowest BCUT2D eigenvalue weighted by atomic mass is 9.78. The number of nitrogens with zero attached hydrogens (tertiary/aromatic N) is 1. The van der Waals surface area contributed by atoms with E-state index in [2.05, 4.69) is 26.0 Å². The Hall–Kier alpha value is -2.31. The molecule has 0 N–H and O–H groups in total. The molecule has 1 fully saturated rings. The fourth-order valence-electron chi connectivity index (χ4n) is 4.48. The fourth-order valence-corrected chi connectivity index (χ4v) is 4.48. The van der Waals surface area contributed by atoms with Crippen molar-refractivity contribution in [2.24, 2.45) is 5.41 Å². The van der Waals surface area contributed by atoms with E-state index in [1.165, 1.54) is 5.56 Å². The van der Waals surface area contributed by atoms with Gasteiger partial charge >= 0.3 is 11.8 Å². The smallest absolute Gasteiger partial charge is 0.353 e. The van der Waals surface area contributed by atoms with Crippen molar-refractivity contribution in [1.29, 1.82) is 0 Å². The molecule has 1 aliphatic carbocycles. The molecule has 31 heavy (non-hydrogen) atoms. The van der Waals surface area contributed by atoms with E-state index in [1.807, 2.05) is 11.0 Å². The van der Waals surface area contributed by atoms with Crippen LogP contribution in [0.4, 0.5) is 27.6 Å². The summed E-state index contributed by atoms with van der Waals surface area (Å²) in [5.41, 5.74) is -2.12. The van der Waals surface area contributed by atoms with E-state index in [1.54, 1.807) is 24.3 Å². The van der Waals surface area contributed by atoms with Crippen LogP contribution < -0.4 is 9.64 Å². The summed E-state index contributed by atoms with van der Waals surface area (Å²) in [6.07, 6.45) is -0.230. The largest absolute Gasteiger partial charge is 0.473 e. The first kappa shape index (κ1) is 21.9. The molecule has 0 saturated heterocycles. The van der Waals surface area contributed by atoms with Crippen LogP contribution in [-0.4, -0.2) is 24.2 Å². The molecule has 1 aliphatic heterocycles. The van der Waals surface area contributed by atoms with Gasteiger partial charge in [0.05, 0.1) is 0 Å². The summed E-state index contributed by atoms with van der Waals surface area (Å²) in [6.45, 7) is 7.49. The van der Waals surface area contributed by atoms with E-state index in [9.17, 15) is 22.0 Å². The predicted octanol–water partition coefficient (Wildman–Crippen LogP) is 6.73. The van der Waals surface area contributed by atoms with E-state index in [0.717, 1.165) is 30.8 Å². The highest BCUT2D eigenvalue weighted by molar-refractivity contribution is 5.52. The van der Waals surface area contributed by atoms with Crippen molar-refractivity contribution < 1.29 is 26.7 Å². The minimum absolute atomic E-state index is 0.230. The van der Waals surface area contributed by atoms with Gasteiger partial charge in [-0.05, 0) is 41.7 Å². The fraction of sp³-hybridized carbons (Fsp3) is 0.500. The molecule has 0 radical (unpaired) electrons. The lowest BCUT2D eigenvalue weighted by Crippen LogP contribution is -2.37. The molecular formula is C24H26F5NO. The Morgan fingerprint density at radius 3 is 2.13 bits per heavy atom. The molecule has 2 aromatic rings. The maximum absolute atomic E-state index is 14.6. The summed E-state index contributed by atoms with van der Waals surface area (Å²) in [5.74, 6) is -8.04. The van der Waals surface area contributed by atoms with Crippen LogP contribution >= 0.6 is 0 Å². The highest BCUT2D eigenvalue weighted by atomic mass is 19.3. The first-order chi connectivity index (χ1) is 14.3. The molecule has 0 spiro atoms. The summed E-state index contributed by atoms with van der Waals surface area (Å²) >= 11 is 0. The zero-order valence-electron chi connectivity index (χ0n) is 18.0. The topological polar surface area (TPSA) is 12.5 Å². The Morgan fingerprint density at radius 1 is 0.968 bits per heavy atom. The Labute approximate surface area is 179 Å². The van der Waals surface area contributed by atoms with E-state index < -0.39 is 22.9 Å². The highest BCUT2D eigenvalue weighted by Crippen LogP contribution is 2.74. The predicted molar refractivity (Wildman–Crippen MR) is 110 cm³/mol. The van der Waals surface area contributed by atoms with Gasteiger partial charge < -0.3 is 9.64 Å². The normalized spacial score (nSPS) is 20.9. The number of hydrogen-bond donors (Lipinski definition) is 0. The Morgan fingerprint density at radius 2 is 1.58 bits per heavy atom. The van der Waals surface area contributed by atoms with Crippen LogP contribution in [0.5, 0.6) is 5.75 Å². The summed E-state index contributed by atoms with van der Waals surface area (Å²) in [7, 11) is 0. The summed E-state index contributed by atoms with van der Waals surface area (Å²) < 4.78 is 74.5. The van der Waals surface area contributed by atoms with Crippen molar-refractivity contribution >= 4 is 5.69 Å². The molecule has 1 heterocycles. The van der Waals surface area contributed by atoms with Crippen molar-refractivity contribution in [1.82, 2.24) is 0 Å². The molecule has 4 rings (SSSR count). The molecule has 0 bridgehead atoms. The van der Waals surface area contributed by atoms with Gasteiger partial charge in [0.15, 0.2) is 6.73 Å². The molecule has 0 aromatic heterocycles. The van der Waals surface area contributed by atoms with Gasteiger partial charge in [-0.15, -0.1) is 0 Å². The number of fused-ring (bicyclic) bond motifs is 1.